The number of alkyl carbamates (subject to hydrolysis) is 1. The quantitative estimate of drug-likeness (QED) is 0.272. The molecule has 0 saturated heterocycles. The SMILES string of the molecule is CC(C)(C)[Si](C)(C)OC[C@H](NC(=O)OCc1ccccc1)[C@H](O)c1cc(C(F)(F)F)cc(C(F)(F)F)c1. The molecule has 0 spiro atoms. The van der Waals surface area contributed by atoms with Gasteiger partial charge in [0.05, 0.1) is 23.8 Å². The fraction of sp³-hybridized carbons (Fsp3) is 0.480. The second-order valence-electron chi connectivity index (χ2n) is 10.2. The highest BCUT2D eigenvalue weighted by Crippen LogP contribution is 2.39. The van der Waals surface area contributed by atoms with Crippen molar-refractivity contribution in [1.29, 1.82) is 0 Å². The lowest BCUT2D eigenvalue weighted by atomic mass is 9.97. The van der Waals surface area contributed by atoms with Crippen LogP contribution in [0.15, 0.2) is 48.5 Å². The van der Waals surface area contributed by atoms with Gasteiger partial charge in [-0.25, -0.2) is 4.79 Å². The molecule has 2 rings (SSSR count). The molecule has 0 fully saturated rings. The van der Waals surface area contributed by atoms with E-state index in [1.807, 2.05) is 33.9 Å². The van der Waals surface area contributed by atoms with Crippen LogP contribution in [0.3, 0.4) is 0 Å². The maximum Gasteiger partial charge on any atom is 0.416 e. The van der Waals surface area contributed by atoms with Crippen LogP contribution in [-0.2, 0) is 28.1 Å². The molecule has 0 heterocycles. The molecule has 2 N–H and O–H groups in total. The van der Waals surface area contributed by atoms with Crippen molar-refractivity contribution in [3.63, 3.8) is 0 Å². The fourth-order valence-corrected chi connectivity index (χ4v) is 4.05. The van der Waals surface area contributed by atoms with E-state index < -0.39 is 55.6 Å². The van der Waals surface area contributed by atoms with Crippen LogP contribution in [0.2, 0.25) is 18.1 Å². The second kappa shape index (κ2) is 11.4. The molecule has 0 aliphatic heterocycles. The molecule has 2 aromatic rings. The van der Waals surface area contributed by atoms with Gasteiger partial charge in [0.15, 0.2) is 8.32 Å². The van der Waals surface area contributed by atoms with Gasteiger partial charge >= 0.3 is 18.4 Å². The molecule has 12 heteroatoms. The number of aliphatic hydroxyl groups is 1. The van der Waals surface area contributed by atoms with Crippen LogP contribution in [0, 0.1) is 0 Å². The Bertz CT molecular complexity index is 1020. The van der Waals surface area contributed by atoms with Crippen LogP contribution in [0.25, 0.3) is 0 Å². The van der Waals surface area contributed by atoms with E-state index in [2.05, 4.69) is 5.32 Å². The number of alkyl halides is 6. The number of halogens is 6. The summed E-state index contributed by atoms with van der Waals surface area (Å²) in [5.74, 6) is 0. The maximum absolute atomic E-state index is 13.3. The topological polar surface area (TPSA) is 67.8 Å². The zero-order valence-electron chi connectivity index (χ0n) is 21.1. The lowest BCUT2D eigenvalue weighted by Gasteiger charge is -2.38. The van der Waals surface area contributed by atoms with Gasteiger partial charge in [0.1, 0.15) is 12.7 Å². The number of carbonyl (C=O) groups is 1. The van der Waals surface area contributed by atoms with Gasteiger partial charge in [-0.3, -0.25) is 0 Å². The molecule has 0 unspecified atom stereocenters. The molecule has 2 aromatic carbocycles. The molecule has 0 bridgehead atoms. The minimum Gasteiger partial charge on any atom is -0.445 e. The third-order valence-electron chi connectivity index (χ3n) is 6.28. The zero-order valence-corrected chi connectivity index (χ0v) is 22.1. The lowest BCUT2D eigenvalue weighted by Crippen LogP contribution is -2.48. The Morgan fingerprint density at radius 1 is 0.946 bits per heavy atom. The Balaban J connectivity index is 2.37. The number of hydrogen-bond acceptors (Lipinski definition) is 4. The van der Waals surface area contributed by atoms with Crippen molar-refractivity contribution in [2.45, 2.75) is 70.0 Å². The van der Waals surface area contributed by atoms with Gasteiger partial charge in [0, 0.05) is 0 Å². The Kier molecular flexibility index (Phi) is 9.48. The summed E-state index contributed by atoms with van der Waals surface area (Å²) in [5.41, 5.74) is -3.17. The fourth-order valence-electron chi connectivity index (χ4n) is 3.02. The highest BCUT2D eigenvalue weighted by molar-refractivity contribution is 6.74. The smallest absolute Gasteiger partial charge is 0.416 e. The van der Waals surface area contributed by atoms with E-state index in [0.29, 0.717) is 17.7 Å². The van der Waals surface area contributed by atoms with E-state index in [1.165, 1.54) is 0 Å². The molecule has 0 aliphatic rings. The Morgan fingerprint density at radius 2 is 1.46 bits per heavy atom. The number of amides is 1. The zero-order chi connectivity index (χ0) is 28.2. The number of nitrogens with one attached hydrogen (secondary N) is 1. The van der Waals surface area contributed by atoms with Crippen LogP contribution >= 0.6 is 0 Å². The summed E-state index contributed by atoms with van der Waals surface area (Å²) in [7, 11) is -2.48. The van der Waals surface area contributed by atoms with Gasteiger partial charge in [-0.2, -0.15) is 26.3 Å². The van der Waals surface area contributed by atoms with Crippen LogP contribution in [0.4, 0.5) is 31.1 Å². The first-order valence-corrected chi connectivity index (χ1v) is 14.3. The van der Waals surface area contributed by atoms with Crippen molar-refractivity contribution in [3.05, 3.63) is 70.8 Å². The molecule has 1 amide bonds. The first kappa shape index (κ1) is 30.6. The number of hydrogen-bond donors (Lipinski definition) is 2. The van der Waals surface area contributed by atoms with Crippen LogP contribution in [0.5, 0.6) is 0 Å². The third kappa shape index (κ3) is 8.75. The predicted molar refractivity (Wildman–Crippen MR) is 128 cm³/mol. The van der Waals surface area contributed by atoms with E-state index in [4.69, 9.17) is 9.16 Å². The summed E-state index contributed by atoms with van der Waals surface area (Å²) in [6.07, 6.45) is -13.2. The molecule has 5 nitrogen and oxygen atoms in total. The molecule has 2 atom stereocenters. The minimum atomic E-state index is -5.09. The normalized spacial score (nSPS) is 14.7. The first-order valence-electron chi connectivity index (χ1n) is 11.4. The van der Waals surface area contributed by atoms with Crippen molar-refractivity contribution in [2.24, 2.45) is 0 Å². The largest absolute Gasteiger partial charge is 0.445 e. The monoisotopic (exact) mass is 551 g/mol. The minimum absolute atomic E-state index is 0.0289. The third-order valence-corrected chi connectivity index (χ3v) is 10.8. The molecule has 0 aliphatic carbocycles. The van der Waals surface area contributed by atoms with Crippen LogP contribution in [-0.4, -0.2) is 32.2 Å². The van der Waals surface area contributed by atoms with Crippen molar-refractivity contribution in [1.82, 2.24) is 5.32 Å². The standard InChI is InChI=1S/C25H31F6NO4Si/c1-23(2,3)37(4,5)36-15-20(32-22(34)35-14-16-9-7-6-8-10-16)21(33)17-11-18(24(26,27)28)13-19(12-17)25(29,30)31/h6-13,20-21,33H,14-15H2,1-5H3,(H,32,34)/t20-,21+/m0/s1. The number of aliphatic hydroxyl groups excluding tert-OH is 1. The van der Waals surface area contributed by atoms with Gasteiger partial charge in [0.25, 0.3) is 0 Å². The Labute approximate surface area is 212 Å². The van der Waals surface area contributed by atoms with Crippen molar-refractivity contribution >= 4 is 14.4 Å². The van der Waals surface area contributed by atoms with Crippen LogP contribution in [0.1, 0.15) is 49.1 Å². The number of benzene rings is 2. The summed E-state index contributed by atoms with van der Waals surface area (Å²) in [6.45, 7) is 9.01. The predicted octanol–water partition coefficient (Wildman–Crippen LogP) is 7.07. The van der Waals surface area contributed by atoms with E-state index in [0.717, 1.165) is 0 Å². The summed E-state index contributed by atoms with van der Waals surface area (Å²) in [4.78, 5) is 12.5. The first-order chi connectivity index (χ1) is 16.8. The average Bonchev–Trinajstić information content (AvgIpc) is 2.78. The second-order valence-corrected chi connectivity index (χ2v) is 15.0. The van der Waals surface area contributed by atoms with Gasteiger partial charge in [-0.15, -0.1) is 0 Å². The van der Waals surface area contributed by atoms with Crippen LogP contribution < -0.4 is 5.32 Å². The van der Waals surface area contributed by atoms with E-state index in [9.17, 15) is 36.2 Å². The van der Waals surface area contributed by atoms with Crippen molar-refractivity contribution in [3.8, 4) is 0 Å². The summed E-state index contributed by atoms with van der Waals surface area (Å²) in [6, 6.07) is 8.03. The highest BCUT2D eigenvalue weighted by Gasteiger charge is 2.40. The number of rotatable bonds is 8. The lowest BCUT2D eigenvalue weighted by molar-refractivity contribution is -0.143. The van der Waals surface area contributed by atoms with Crippen molar-refractivity contribution < 1.29 is 45.4 Å². The number of ether oxygens (including phenoxy) is 1. The molecular formula is C25H31F6NO4Si. The van der Waals surface area contributed by atoms with E-state index in [1.54, 1.807) is 30.3 Å². The molecule has 0 radical (unpaired) electrons. The van der Waals surface area contributed by atoms with Gasteiger partial charge in [-0.1, -0.05) is 51.1 Å². The van der Waals surface area contributed by atoms with Gasteiger partial charge in [-0.05, 0) is 47.5 Å². The summed E-state index contributed by atoms with van der Waals surface area (Å²) in [5, 5.41) is 13.0. The molecule has 206 valence electrons. The summed E-state index contributed by atoms with van der Waals surface area (Å²) >= 11 is 0. The highest BCUT2D eigenvalue weighted by atomic mass is 28.4. The maximum atomic E-state index is 13.3. The Morgan fingerprint density at radius 3 is 1.92 bits per heavy atom. The molecule has 0 saturated carbocycles. The number of carbonyl (C=O) groups excluding carboxylic acids is 1. The molecule has 0 aromatic heterocycles. The van der Waals surface area contributed by atoms with E-state index >= 15 is 0 Å². The van der Waals surface area contributed by atoms with E-state index in [-0.39, 0.29) is 24.3 Å². The summed E-state index contributed by atoms with van der Waals surface area (Å²) < 4.78 is 91.3. The molecule has 37 heavy (non-hydrogen) atoms. The average molecular weight is 552 g/mol. The Hall–Kier alpha value is -2.57. The molecular weight excluding hydrogens is 520 g/mol. The van der Waals surface area contributed by atoms with Gasteiger partial charge < -0.3 is 19.6 Å². The van der Waals surface area contributed by atoms with Gasteiger partial charge in [0.2, 0.25) is 0 Å². The van der Waals surface area contributed by atoms with Crippen molar-refractivity contribution in [2.75, 3.05) is 6.61 Å².